The number of anilines is 1. The Hall–Kier alpha value is -2.82. The van der Waals surface area contributed by atoms with Crippen LogP contribution in [0.15, 0.2) is 48.5 Å². The van der Waals surface area contributed by atoms with Gasteiger partial charge >= 0.3 is 0 Å². The van der Waals surface area contributed by atoms with E-state index in [9.17, 15) is 9.59 Å². The molecule has 2 aromatic rings. The number of aldehydes is 1. The van der Waals surface area contributed by atoms with Crippen molar-refractivity contribution in [1.29, 1.82) is 0 Å². The summed E-state index contributed by atoms with van der Waals surface area (Å²) < 4.78 is 5.45. The Kier molecular flexibility index (Phi) is 7.06. The molecule has 1 aliphatic carbocycles. The maximum absolute atomic E-state index is 12.0. The summed E-state index contributed by atoms with van der Waals surface area (Å²) in [6, 6.07) is 15.8. The number of hydrogen-bond acceptors (Lipinski definition) is 4. The van der Waals surface area contributed by atoms with E-state index in [0.717, 1.165) is 11.8 Å². The van der Waals surface area contributed by atoms with Crippen LogP contribution in [0, 0.1) is 0 Å². The molecule has 3 rings (SSSR count). The Balaban J connectivity index is 1.46. The number of hydrogen-bond donors (Lipinski definition) is 1. The van der Waals surface area contributed by atoms with Crippen molar-refractivity contribution in [2.45, 2.75) is 44.7 Å². The molecular weight excluding hydrogens is 352 g/mol. The molecule has 1 amide bonds. The van der Waals surface area contributed by atoms with Crippen molar-refractivity contribution in [2.75, 3.05) is 18.6 Å². The number of nitrogens with zero attached hydrogens (tertiary/aromatic N) is 1. The van der Waals surface area contributed by atoms with Crippen LogP contribution in [-0.4, -0.2) is 31.9 Å². The Labute approximate surface area is 166 Å². The molecule has 0 radical (unpaired) electrons. The first-order valence-electron chi connectivity index (χ1n) is 9.93. The van der Waals surface area contributed by atoms with Crippen LogP contribution in [0.5, 0.6) is 5.75 Å². The summed E-state index contributed by atoms with van der Waals surface area (Å²) in [6.45, 7) is 0.332. The number of nitrogens with one attached hydrogen (secondary N) is 1. The van der Waals surface area contributed by atoms with Gasteiger partial charge in [-0.3, -0.25) is 9.59 Å². The van der Waals surface area contributed by atoms with Gasteiger partial charge in [-0.1, -0.05) is 43.5 Å². The van der Waals surface area contributed by atoms with E-state index >= 15 is 0 Å². The molecule has 0 bridgehead atoms. The molecule has 1 saturated carbocycles. The molecule has 0 unspecified atom stereocenters. The van der Waals surface area contributed by atoms with Crippen molar-refractivity contribution in [1.82, 2.24) is 5.32 Å². The molecule has 0 saturated heterocycles. The highest BCUT2D eigenvalue weighted by Crippen LogP contribution is 2.26. The van der Waals surface area contributed by atoms with Crippen molar-refractivity contribution in [3.05, 3.63) is 59.7 Å². The number of carbonyl (C=O) groups is 2. The summed E-state index contributed by atoms with van der Waals surface area (Å²) in [7, 11) is 2.17. The molecular formula is C23H28N2O3. The van der Waals surface area contributed by atoms with E-state index in [4.69, 9.17) is 4.74 Å². The first-order chi connectivity index (χ1) is 13.7. The maximum Gasteiger partial charge on any atom is 0.258 e. The summed E-state index contributed by atoms with van der Waals surface area (Å²) in [5.74, 6) is 0.201. The van der Waals surface area contributed by atoms with Crippen LogP contribution in [0.1, 0.15) is 48.0 Å². The second-order valence-corrected chi connectivity index (χ2v) is 7.29. The van der Waals surface area contributed by atoms with Crippen molar-refractivity contribution in [2.24, 2.45) is 0 Å². The van der Waals surface area contributed by atoms with Crippen LogP contribution in [0.4, 0.5) is 5.69 Å². The van der Waals surface area contributed by atoms with Gasteiger partial charge in [-0.05, 0) is 42.7 Å². The summed E-state index contributed by atoms with van der Waals surface area (Å²) in [4.78, 5) is 25.4. The molecule has 0 aliphatic heterocycles. The first-order valence-corrected chi connectivity index (χ1v) is 9.93. The molecule has 1 N–H and O–H groups in total. The lowest BCUT2D eigenvalue weighted by atomic mass is 9.94. The number of ether oxygens (including phenoxy) is 1. The lowest BCUT2D eigenvalue weighted by Gasteiger charge is -2.33. The van der Waals surface area contributed by atoms with Crippen LogP contribution < -0.4 is 15.0 Å². The summed E-state index contributed by atoms with van der Waals surface area (Å²) in [5, 5.41) is 2.85. The molecule has 1 fully saturated rings. The van der Waals surface area contributed by atoms with E-state index in [1.807, 2.05) is 0 Å². The molecule has 148 valence electrons. The number of benzene rings is 2. The molecule has 1 aliphatic rings. The smallest absolute Gasteiger partial charge is 0.258 e. The van der Waals surface area contributed by atoms with Gasteiger partial charge in [0.2, 0.25) is 0 Å². The van der Waals surface area contributed by atoms with Crippen LogP contribution in [0.2, 0.25) is 0 Å². The number of carbonyl (C=O) groups excluding carboxylic acids is 2. The Morgan fingerprint density at radius 1 is 1.11 bits per heavy atom. The molecule has 0 spiro atoms. The maximum atomic E-state index is 12.0. The molecule has 5 heteroatoms. The minimum absolute atomic E-state index is 0.118. The predicted octanol–water partition coefficient (Wildman–Crippen LogP) is 3.96. The fourth-order valence-electron chi connectivity index (χ4n) is 3.63. The topological polar surface area (TPSA) is 58.6 Å². The normalized spacial score (nSPS) is 14.3. The van der Waals surface area contributed by atoms with Gasteiger partial charge in [0.1, 0.15) is 5.75 Å². The van der Waals surface area contributed by atoms with E-state index in [2.05, 4.69) is 41.5 Å². The highest BCUT2D eigenvalue weighted by molar-refractivity contribution is 5.80. The number of rotatable bonds is 8. The average molecular weight is 380 g/mol. The largest absolute Gasteiger partial charge is 0.483 e. The SMILES string of the molecule is CN(c1ccc(CNC(=O)COc2ccccc2C=O)cc1)C1CCCCC1. The second-order valence-electron chi connectivity index (χ2n) is 7.29. The first kappa shape index (κ1) is 19.9. The Morgan fingerprint density at radius 3 is 2.54 bits per heavy atom. The lowest BCUT2D eigenvalue weighted by Crippen LogP contribution is -2.33. The quantitative estimate of drug-likeness (QED) is 0.704. The van der Waals surface area contributed by atoms with Gasteiger partial charge < -0.3 is 15.0 Å². The Morgan fingerprint density at radius 2 is 1.82 bits per heavy atom. The Bertz CT molecular complexity index is 783. The van der Waals surface area contributed by atoms with E-state index in [0.29, 0.717) is 23.9 Å². The van der Waals surface area contributed by atoms with E-state index < -0.39 is 0 Å². The van der Waals surface area contributed by atoms with Gasteiger partial charge in [-0.15, -0.1) is 0 Å². The zero-order chi connectivity index (χ0) is 19.8. The molecule has 0 aromatic heterocycles. The van der Waals surface area contributed by atoms with Crippen LogP contribution >= 0.6 is 0 Å². The van der Waals surface area contributed by atoms with Gasteiger partial charge in [0.05, 0.1) is 5.56 Å². The second kappa shape index (κ2) is 9.93. The van der Waals surface area contributed by atoms with Gasteiger partial charge in [0.15, 0.2) is 12.9 Å². The molecule has 5 nitrogen and oxygen atoms in total. The highest BCUT2D eigenvalue weighted by Gasteiger charge is 2.18. The lowest BCUT2D eigenvalue weighted by molar-refractivity contribution is -0.123. The van der Waals surface area contributed by atoms with Crippen LogP contribution in [0.3, 0.4) is 0 Å². The number of amides is 1. The van der Waals surface area contributed by atoms with Crippen molar-refractivity contribution >= 4 is 17.9 Å². The van der Waals surface area contributed by atoms with E-state index in [1.54, 1.807) is 24.3 Å². The minimum Gasteiger partial charge on any atom is -0.483 e. The molecule has 28 heavy (non-hydrogen) atoms. The van der Waals surface area contributed by atoms with Crippen molar-refractivity contribution in [3.8, 4) is 5.75 Å². The third kappa shape index (κ3) is 5.35. The van der Waals surface area contributed by atoms with Gasteiger partial charge in [0, 0.05) is 25.3 Å². The summed E-state index contributed by atoms with van der Waals surface area (Å²) in [6.07, 6.45) is 7.24. The average Bonchev–Trinajstić information content (AvgIpc) is 2.77. The summed E-state index contributed by atoms with van der Waals surface area (Å²) in [5.41, 5.74) is 2.70. The fourth-order valence-corrected chi connectivity index (χ4v) is 3.63. The highest BCUT2D eigenvalue weighted by atomic mass is 16.5. The monoisotopic (exact) mass is 380 g/mol. The van der Waals surface area contributed by atoms with E-state index in [-0.39, 0.29) is 12.5 Å². The summed E-state index contributed by atoms with van der Waals surface area (Å²) >= 11 is 0. The van der Waals surface area contributed by atoms with Crippen molar-refractivity contribution in [3.63, 3.8) is 0 Å². The number of para-hydroxylation sites is 1. The standard InChI is InChI=1S/C23H28N2O3/c1-25(20-8-3-2-4-9-20)21-13-11-18(12-14-21)15-24-23(27)17-28-22-10-6-5-7-19(22)16-26/h5-7,10-14,16,20H,2-4,8-9,15,17H2,1H3,(H,24,27). The van der Waals surface area contributed by atoms with Crippen LogP contribution in [-0.2, 0) is 11.3 Å². The fraction of sp³-hybridized carbons (Fsp3) is 0.391. The van der Waals surface area contributed by atoms with Gasteiger partial charge in [0.25, 0.3) is 5.91 Å². The zero-order valence-corrected chi connectivity index (χ0v) is 16.4. The van der Waals surface area contributed by atoms with E-state index in [1.165, 1.54) is 37.8 Å². The molecule has 0 atom stereocenters. The third-order valence-corrected chi connectivity index (χ3v) is 5.36. The van der Waals surface area contributed by atoms with Crippen LogP contribution in [0.25, 0.3) is 0 Å². The molecule has 2 aromatic carbocycles. The minimum atomic E-state index is -0.218. The van der Waals surface area contributed by atoms with Crippen molar-refractivity contribution < 1.29 is 14.3 Å². The predicted molar refractivity (Wildman–Crippen MR) is 111 cm³/mol. The third-order valence-electron chi connectivity index (χ3n) is 5.36. The van der Waals surface area contributed by atoms with Gasteiger partial charge in [-0.25, -0.2) is 0 Å². The molecule has 0 heterocycles. The van der Waals surface area contributed by atoms with Gasteiger partial charge in [-0.2, -0.15) is 0 Å². The zero-order valence-electron chi connectivity index (χ0n) is 16.4.